The van der Waals surface area contributed by atoms with Gasteiger partial charge in [0.15, 0.2) is 23.3 Å². The molecule has 1 fully saturated rings. The fraction of sp³-hybridized carbons (Fsp3) is 0.429. The fourth-order valence-electron chi connectivity index (χ4n) is 2.43. The second-order valence-corrected chi connectivity index (χ2v) is 4.85. The molecule has 1 heterocycles. The van der Waals surface area contributed by atoms with Crippen molar-refractivity contribution in [2.75, 3.05) is 13.2 Å². The summed E-state index contributed by atoms with van der Waals surface area (Å²) >= 11 is 0. The van der Waals surface area contributed by atoms with E-state index in [0.717, 1.165) is 4.90 Å². The Morgan fingerprint density at radius 1 is 1.04 bits per heavy atom. The Hall–Kier alpha value is -2.19. The number of hydrogen-bond donors (Lipinski definition) is 0. The van der Waals surface area contributed by atoms with Crippen molar-refractivity contribution in [3.8, 4) is 0 Å². The lowest BCUT2D eigenvalue weighted by Gasteiger charge is -2.23. The molecule has 9 heteroatoms. The van der Waals surface area contributed by atoms with Crippen LogP contribution in [0.2, 0.25) is 0 Å². The first-order valence-electron chi connectivity index (χ1n) is 6.80. The highest BCUT2D eigenvalue weighted by Crippen LogP contribution is 2.27. The zero-order valence-corrected chi connectivity index (χ0v) is 12.0. The zero-order valence-electron chi connectivity index (χ0n) is 12.0. The zero-order chi connectivity index (χ0) is 17.3. The van der Waals surface area contributed by atoms with E-state index in [9.17, 15) is 31.5 Å². The summed E-state index contributed by atoms with van der Waals surface area (Å²) in [7, 11) is 0. The molecule has 23 heavy (non-hydrogen) atoms. The minimum Gasteiger partial charge on any atom is -0.464 e. The maximum absolute atomic E-state index is 13.7. The van der Waals surface area contributed by atoms with E-state index in [-0.39, 0.29) is 19.6 Å². The van der Waals surface area contributed by atoms with Crippen LogP contribution >= 0.6 is 0 Å². The summed E-state index contributed by atoms with van der Waals surface area (Å²) in [5, 5.41) is 0. The number of ether oxygens (including phenoxy) is 1. The summed E-state index contributed by atoms with van der Waals surface area (Å²) in [5.74, 6) is -13.4. The predicted molar refractivity (Wildman–Crippen MR) is 66.9 cm³/mol. The highest BCUT2D eigenvalue weighted by Gasteiger charge is 2.39. The lowest BCUT2D eigenvalue weighted by atomic mass is 10.1. The molecule has 0 N–H and O–H groups in total. The van der Waals surface area contributed by atoms with Crippen molar-refractivity contribution >= 4 is 11.9 Å². The quantitative estimate of drug-likeness (QED) is 0.369. The molecule has 2 rings (SSSR count). The minimum absolute atomic E-state index is 0.0277. The van der Waals surface area contributed by atoms with Crippen LogP contribution in [0, 0.1) is 29.1 Å². The number of hydrogen-bond acceptors (Lipinski definition) is 3. The molecular weight excluding hydrogens is 325 g/mol. The average Bonchev–Trinajstić information content (AvgIpc) is 3.01. The Kier molecular flexibility index (Phi) is 4.86. The largest absolute Gasteiger partial charge is 0.464 e. The molecule has 4 nitrogen and oxygen atoms in total. The van der Waals surface area contributed by atoms with Gasteiger partial charge in [0.2, 0.25) is 5.82 Å². The van der Waals surface area contributed by atoms with Crippen LogP contribution in [0.1, 0.15) is 30.1 Å². The number of benzene rings is 1. The van der Waals surface area contributed by atoms with Crippen LogP contribution < -0.4 is 0 Å². The van der Waals surface area contributed by atoms with Gasteiger partial charge in [-0.15, -0.1) is 0 Å². The second-order valence-electron chi connectivity index (χ2n) is 4.85. The predicted octanol–water partition coefficient (Wildman–Crippen LogP) is 2.55. The molecule has 1 aliphatic heterocycles. The Morgan fingerprint density at radius 2 is 1.57 bits per heavy atom. The van der Waals surface area contributed by atoms with E-state index in [0.29, 0.717) is 6.42 Å². The van der Waals surface area contributed by atoms with Crippen LogP contribution in [0.3, 0.4) is 0 Å². The average molecular weight is 337 g/mol. The number of rotatable bonds is 3. The third-order valence-electron chi connectivity index (χ3n) is 3.50. The van der Waals surface area contributed by atoms with Crippen LogP contribution in [0.5, 0.6) is 0 Å². The van der Waals surface area contributed by atoms with Crippen molar-refractivity contribution in [1.29, 1.82) is 0 Å². The molecule has 0 radical (unpaired) electrons. The molecule has 1 aliphatic rings. The monoisotopic (exact) mass is 337 g/mol. The smallest absolute Gasteiger partial charge is 0.328 e. The van der Waals surface area contributed by atoms with Gasteiger partial charge in [0, 0.05) is 6.54 Å². The second kappa shape index (κ2) is 6.51. The highest BCUT2D eigenvalue weighted by molar-refractivity contribution is 5.97. The van der Waals surface area contributed by atoms with E-state index in [2.05, 4.69) is 0 Å². The summed E-state index contributed by atoms with van der Waals surface area (Å²) < 4.78 is 71.6. The van der Waals surface area contributed by atoms with Crippen molar-refractivity contribution in [1.82, 2.24) is 4.90 Å². The van der Waals surface area contributed by atoms with Gasteiger partial charge in [0.1, 0.15) is 11.6 Å². The molecular formula is C14H12F5NO3. The van der Waals surface area contributed by atoms with E-state index < -0.39 is 52.6 Å². The molecule has 1 atom stereocenters. The number of carbonyl (C=O) groups excluding carboxylic acids is 2. The van der Waals surface area contributed by atoms with Crippen LogP contribution in [0.15, 0.2) is 0 Å². The van der Waals surface area contributed by atoms with Crippen molar-refractivity contribution in [2.45, 2.75) is 25.8 Å². The first kappa shape index (κ1) is 17.2. The topological polar surface area (TPSA) is 46.6 Å². The van der Waals surface area contributed by atoms with E-state index in [1.165, 1.54) is 6.92 Å². The Bertz CT molecular complexity index is 635. The van der Waals surface area contributed by atoms with Crippen LogP contribution in [-0.2, 0) is 9.53 Å². The van der Waals surface area contributed by atoms with Gasteiger partial charge in [-0.25, -0.2) is 26.7 Å². The van der Waals surface area contributed by atoms with E-state index in [1.54, 1.807) is 0 Å². The van der Waals surface area contributed by atoms with Crippen molar-refractivity contribution in [3.63, 3.8) is 0 Å². The molecule has 0 spiro atoms. The maximum Gasteiger partial charge on any atom is 0.328 e. The number of carbonyl (C=O) groups is 2. The molecule has 0 bridgehead atoms. The van der Waals surface area contributed by atoms with E-state index in [1.807, 2.05) is 0 Å². The van der Waals surface area contributed by atoms with Gasteiger partial charge in [-0.3, -0.25) is 4.79 Å². The van der Waals surface area contributed by atoms with E-state index >= 15 is 0 Å². The van der Waals surface area contributed by atoms with Gasteiger partial charge in [-0.05, 0) is 19.8 Å². The number of halogens is 5. The molecule has 1 amide bonds. The number of likely N-dealkylation sites (tertiary alicyclic amines) is 1. The fourth-order valence-corrected chi connectivity index (χ4v) is 2.43. The van der Waals surface area contributed by atoms with Crippen molar-refractivity contribution < 1.29 is 36.3 Å². The normalized spacial score (nSPS) is 17.5. The lowest BCUT2D eigenvalue weighted by Crippen LogP contribution is -2.42. The van der Waals surface area contributed by atoms with Crippen LogP contribution in [0.4, 0.5) is 22.0 Å². The molecule has 126 valence electrons. The molecule has 1 unspecified atom stereocenters. The molecule has 1 aromatic carbocycles. The summed E-state index contributed by atoms with van der Waals surface area (Å²) in [4.78, 5) is 24.7. The van der Waals surface area contributed by atoms with Crippen LogP contribution in [0.25, 0.3) is 0 Å². The van der Waals surface area contributed by atoms with E-state index in [4.69, 9.17) is 4.74 Å². The number of amides is 1. The van der Waals surface area contributed by atoms with Gasteiger partial charge in [0.25, 0.3) is 5.91 Å². The summed E-state index contributed by atoms with van der Waals surface area (Å²) in [6, 6.07) is -1.11. The molecule has 1 aromatic rings. The molecule has 0 aromatic heterocycles. The number of nitrogens with zero attached hydrogens (tertiary/aromatic N) is 1. The van der Waals surface area contributed by atoms with Gasteiger partial charge in [-0.1, -0.05) is 0 Å². The molecule has 0 saturated carbocycles. The maximum atomic E-state index is 13.7. The highest BCUT2D eigenvalue weighted by atomic mass is 19.2. The lowest BCUT2D eigenvalue weighted by molar-refractivity contribution is -0.147. The SMILES string of the molecule is CCOC(=O)C1CCCN1C(=O)c1c(F)c(F)c(F)c(F)c1F. The third kappa shape index (κ3) is 2.87. The first-order valence-corrected chi connectivity index (χ1v) is 6.80. The third-order valence-corrected chi connectivity index (χ3v) is 3.50. The summed E-state index contributed by atoms with van der Waals surface area (Å²) in [6.45, 7) is 1.50. The summed E-state index contributed by atoms with van der Waals surface area (Å²) in [5.41, 5.74) is -1.57. The van der Waals surface area contributed by atoms with Gasteiger partial charge >= 0.3 is 5.97 Å². The first-order chi connectivity index (χ1) is 10.8. The Morgan fingerprint density at radius 3 is 2.09 bits per heavy atom. The van der Waals surface area contributed by atoms with Crippen molar-refractivity contribution in [2.24, 2.45) is 0 Å². The molecule has 1 saturated heterocycles. The Labute approximate surface area is 127 Å². The standard InChI is InChI=1S/C14H12F5NO3/c1-2-23-14(22)6-4-3-5-20(6)13(21)7-8(15)10(17)12(19)11(18)9(7)16/h6H,2-5H2,1H3. The number of esters is 1. The van der Waals surface area contributed by atoms with Gasteiger partial charge in [-0.2, -0.15) is 0 Å². The molecule has 0 aliphatic carbocycles. The van der Waals surface area contributed by atoms with Gasteiger partial charge in [0.05, 0.1) is 6.61 Å². The summed E-state index contributed by atoms with van der Waals surface area (Å²) in [6.07, 6.45) is 0.518. The van der Waals surface area contributed by atoms with Gasteiger partial charge < -0.3 is 9.64 Å². The van der Waals surface area contributed by atoms with Crippen molar-refractivity contribution in [3.05, 3.63) is 34.6 Å². The Balaban J connectivity index is 2.43. The van der Waals surface area contributed by atoms with Crippen LogP contribution in [-0.4, -0.2) is 36.0 Å². The minimum atomic E-state index is -2.35.